The van der Waals surface area contributed by atoms with Gasteiger partial charge in [0.15, 0.2) is 0 Å². The molecule has 0 aliphatic heterocycles. The largest absolute Gasteiger partial charge is 0.394 e. The molecule has 0 fully saturated rings. The average molecular weight is 269 g/mol. The summed E-state index contributed by atoms with van der Waals surface area (Å²) in [6, 6.07) is 0. The predicted molar refractivity (Wildman–Crippen MR) is 62.2 cm³/mol. The van der Waals surface area contributed by atoms with E-state index in [1.807, 2.05) is 0 Å². The van der Waals surface area contributed by atoms with Crippen LogP contribution >= 0.6 is 0 Å². The van der Waals surface area contributed by atoms with E-state index in [0.717, 1.165) is 0 Å². The highest BCUT2D eigenvalue weighted by Crippen LogP contribution is 2.13. The quantitative estimate of drug-likeness (QED) is 0.754. The number of hydrogen-bond acceptors (Lipinski definition) is 6. The first-order chi connectivity index (χ1) is 8.62. The Morgan fingerprint density at radius 1 is 1.28 bits per heavy atom. The number of hydrogen-bond donors (Lipinski definition) is 2. The van der Waals surface area contributed by atoms with Crippen molar-refractivity contribution in [1.29, 1.82) is 0 Å². The van der Waals surface area contributed by atoms with E-state index >= 15 is 0 Å². The van der Waals surface area contributed by atoms with Crippen LogP contribution in [0, 0.1) is 0 Å². The highest BCUT2D eigenvalue weighted by Gasteiger charge is 2.16. The van der Waals surface area contributed by atoms with Crippen molar-refractivity contribution in [2.24, 2.45) is 0 Å². The molecule has 0 unspecified atom stereocenters. The van der Waals surface area contributed by atoms with Crippen molar-refractivity contribution in [3.05, 3.63) is 31.1 Å². The summed E-state index contributed by atoms with van der Waals surface area (Å²) in [5, 5.41) is 12.5. The van der Waals surface area contributed by atoms with Gasteiger partial charge < -0.3 is 5.11 Å². The minimum absolute atomic E-state index is 0.0137. The zero-order valence-electron chi connectivity index (χ0n) is 9.26. The van der Waals surface area contributed by atoms with Crippen LogP contribution in [0.1, 0.15) is 0 Å². The van der Waals surface area contributed by atoms with Crippen LogP contribution in [0.2, 0.25) is 0 Å². The number of nitrogens with one attached hydrogen (secondary N) is 1. The summed E-state index contributed by atoms with van der Waals surface area (Å²) in [6.07, 6.45) is 6.55. The Bertz CT molecular complexity index is 610. The predicted octanol–water partition coefficient (Wildman–Crippen LogP) is -0.534. The number of sulfonamides is 1. The minimum atomic E-state index is -3.71. The molecule has 8 nitrogen and oxygen atoms in total. The summed E-state index contributed by atoms with van der Waals surface area (Å²) < 4.78 is 27.5. The average Bonchev–Trinajstić information content (AvgIpc) is 2.80. The topological polar surface area (TPSA) is 110 Å². The second kappa shape index (κ2) is 5.10. The molecule has 2 aromatic heterocycles. The summed E-state index contributed by atoms with van der Waals surface area (Å²) in [6.45, 7) is 0.130. The minimum Gasteiger partial charge on any atom is -0.394 e. The van der Waals surface area contributed by atoms with Crippen molar-refractivity contribution in [3.8, 4) is 0 Å². The molecular formula is C9H11N5O3S. The highest BCUT2D eigenvalue weighted by molar-refractivity contribution is 7.92. The molecule has 2 N–H and O–H groups in total. The number of aliphatic hydroxyl groups excluding tert-OH is 1. The first-order valence-electron chi connectivity index (χ1n) is 5.03. The van der Waals surface area contributed by atoms with Gasteiger partial charge in [0.05, 0.1) is 37.4 Å². The standard InChI is InChI=1S/C9H11N5O3S/c15-2-1-14-6-9(5-12-14)18(16,17)13-8-3-10-7-11-4-8/h3-7,13,15H,1-2H2. The molecule has 0 aliphatic rings. The Labute approximate surface area is 103 Å². The molecule has 18 heavy (non-hydrogen) atoms. The Morgan fingerprint density at radius 3 is 2.67 bits per heavy atom. The lowest BCUT2D eigenvalue weighted by Crippen LogP contribution is -2.12. The van der Waals surface area contributed by atoms with E-state index in [4.69, 9.17) is 5.11 Å². The molecule has 0 aliphatic carbocycles. The number of anilines is 1. The molecule has 0 amide bonds. The molecule has 96 valence electrons. The van der Waals surface area contributed by atoms with Crippen LogP contribution in [0.25, 0.3) is 0 Å². The normalized spacial score (nSPS) is 11.4. The maximum absolute atomic E-state index is 11.9. The van der Waals surface area contributed by atoms with E-state index in [1.54, 1.807) is 0 Å². The first kappa shape index (κ1) is 12.5. The Kier molecular flexibility index (Phi) is 3.53. The lowest BCUT2D eigenvalue weighted by Gasteiger charge is -2.04. The van der Waals surface area contributed by atoms with Gasteiger partial charge in [-0.15, -0.1) is 0 Å². The summed E-state index contributed by atoms with van der Waals surface area (Å²) in [7, 11) is -3.71. The second-order valence-corrected chi connectivity index (χ2v) is 5.08. The smallest absolute Gasteiger partial charge is 0.265 e. The van der Waals surface area contributed by atoms with Crippen molar-refractivity contribution in [2.45, 2.75) is 11.4 Å². The van der Waals surface area contributed by atoms with E-state index < -0.39 is 10.0 Å². The molecule has 0 saturated heterocycles. The van der Waals surface area contributed by atoms with Gasteiger partial charge in [0, 0.05) is 6.20 Å². The van der Waals surface area contributed by atoms with Crippen LogP contribution in [-0.2, 0) is 16.6 Å². The van der Waals surface area contributed by atoms with Gasteiger partial charge in [-0.3, -0.25) is 9.40 Å². The molecule has 9 heteroatoms. The van der Waals surface area contributed by atoms with Crippen molar-refractivity contribution < 1.29 is 13.5 Å². The van der Waals surface area contributed by atoms with Gasteiger partial charge in [-0.05, 0) is 0 Å². The van der Waals surface area contributed by atoms with Gasteiger partial charge in [-0.1, -0.05) is 0 Å². The summed E-state index contributed by atoms with van der Waals surface area (Å²) >= 11 is 0. The molecule has 0 atom stereocenters. The fourth-order valence-corrected chi connectivity index (χ4v) is 2.25. The number of rotatable bonds is 5. The third-order valence-electron chi connectivity index (χ3n) is 2.06. The molecular weight excluding hydrogens is 258 g/mol. The number of aromatic nitrogens is 4. The van der Waals surface area contributed by atoms with E-state index in [9.17, 15) is 8.42 Å². The second-order valence-electron chi connectivity index (χ2n) is 3.40. The maximum atomic E-state index is 11.9. The summed E-state index contributed by atoms with van der Waals surface area (Å²) in [5.41, 5.74) is 0.271. The Balaban J connectivity index is 2.20. The Hall–Kier alpha value is -2.00. The first-order valence-corrected chi connectivity index (χ1v) is 6.51. The lowest BCUT2D eigenvalue weighted by molar-refractivity contribution is 0.269. The van der Waals surface area contributed by atoms with Gasteiger partial charge in [-0.2, -0.15) is 5.10 Å². The fourth-order valence-electron chi connectivity index (χ4n) is 1.27. The van der Waals surface area contributed by atoms with Crippen LogP contribution in [0.4, 0.5) is 5.69 Å². The molecule has 0 spiro atoms. The third-order valence-corrected chi connectivity index (χ3v) is 3.40. The van der Waals surface area contributed by atoms with Crippen LogP contribution in [0.15, 0.2) is 36.0 Å². The van der Waals surface area contributed by atoms with E-state index in [-0.39, 0.29) is 23.7 Å². The van der Waals surface area contributed by atoms with Crippen molar-refractivity contribution in [1.82, 2.24) is 19.7 Å². The van der Waals surface area contributed by atoms with Crippen LogP contribution in [-0.4, -0.2) is 39.9 Å². The van der Waals surface area contributed by atoms with Gasteiger partial charge in [0.25, 0.3) is 10.0 Å². The van der Waals surface area contributed by atoms with E-state index in [2.05, 4.69) is 19.8 Å². The zero-order chi connectivity index (χ0) is 13.0. The Morgan fingerprint density at radius 2 is 2.00 bits per heavy atom. The van der Waals surface area contributed by atoms with Gasteiger partial charge >= 0.3 is 0 Å². The van der Waals surface area contributed by atoms with Crippen molar-refractivity contribution in [3.63, 3.8) is 0 Å². The fraction of sp³-hybridized carbons (Fsp3) is 0.222. The van der Waals surface area contributed by atoms with E-state index in [1.165, 1.54) is 35.8 Å². The van der Waals surface area contributed by atoms with Gasteiger partial charge in [0.1, 0.15) is 11.2 Å². The molecule has 2 aromatic rings. The zero-order valence-corrected chi connectivity index (χ0v) is 10.1. The van der Waals surface area contributed by atoms with Gasteiger partial charge in [-0.25, -0.2) is 18.4 Å². The molecule has 0 radical (unpaired) electrons. The lowest BCUT2D eigenvalue weighted by atomic mass is 10.6. The SMILES string of the molecule is O=S(=O)(Nc1cncnc1)c1cnn(CCO)c1. The third kappa shape index (κ3) is 2.81. The van der Waals surface area contributed by atoms with Crippen LogP contribution < -0.4 is 4.72 Å². The highest BCUT2D eigenvalue weighted by atomic mass is 32.2. The molecule has 0 bridgehead atoms. The van der Waals surface area contributed by atoms with Crippen molar-refractivity contribution >= 4 is 15.7 Å². The summed E-state index contributed by atoms with van der Waals surface area (Å²) in [5.74, 6) is 0. The molecule has 2 heterocycles. The summed E-state index contributed by atoms with van der Waals surface area (Å²) in [4.78, 5) is 7.42. The van der Waals surface area contributed by atoms with Gasteiger partial charge in [0.2, 0.25) is 0 Å². The number of nitrogens with zero attached hydrogens (tertiary/aromatic N) is 4. The molecule has 0 aromatic carbocycles. The van der Waals surface area contributed by atoms with Crippen LogP contribution in [0.3, 0.4) is 0 Å². The van der Waals surface area contributed by atoms with E-state index in [0.29, 0.717) is 0 Å². The van der Waals surface area contributed by atoms with Crippen LogP contribution in [0.5, 0.6) is 0 Å². The maximum Gasteiger partial charge on any atom is 0.265 e. The monoisotopic (exact) mass is 269 g/mol. The molecule has 0 saturated carbocycles. The number of aliphatic hydroxyl groups is 1. The van der Waals surface area contributed by atoms with Crippen molar-refractivity contribution in [2.75, 3.05) is 11.3 Å². The molecule has 2 rings (SSSR count).